The van der Waals surface area contributed by atoms with Gasteiger partial charge in [-0.1, -0.05) is 13.8 Å². The molecule has 4 heteroatoms. The lowest BCUT2D eigenvalue weighted by Gasteiger charge is -2.22. The molecule has 3 nitrogen and oxygen atoms in total. The number of imide groups is 1. The zero-order chi connectivity index (χ0) is 8.65. The van der Waals surface area contributed by atoms with Crippen LogP contribution in [0.4, 0.5) is 4.79 Å². The fourth-order valence-corrected chi connectivity index (χ4v) is 1.77. The maximum Gasteiger partial charge on any atom is 0.286 e. The van der Waals surface area contributed by atoms with E-state index >= 15 is 0 Å². The quantitative estimate of drug-likeness (QED) is 0.651. The summed E-state index contributed by atoms with van der Waals surface area (Å²) in [5.74, 6) is 0.0152. The Bertz CT molecular complexity index is 214. The second-order valence-electron chi connectivity index (χ2n) is 3.11. The SMILES string of the molecule is CC(C)[C@@]1(C)SC(=O)NC1=O. The van der Waals surface area contributed by atoms with Gasteiger partial charge in [-0.3, -0.25) is 14.9 Å². The van der Waals surface area contributed by atoms with Gasteiger partial charge < -0.3 is 0 Å². The number of hydrogen-bond acceptors (Lipinski definition) is 3. The third-order valence-electron chi connectivity index (χ3n) is 2.07. The lowest BCUT2D eigenvalue weighted by Crippen LogP contribution is -2.38. The highest BCUT2D eigenvalue weighted by atomic mass is 32.2. The van der Waals surface area contributed by atoms with E-state index in [2.05, 4.69) is 5.32 Å². The van der Waals surface area contributed by atoms with E-state index in [1.807, 2.05) is 13.8 Å². The zero-order valence-electron chi connectivity index (χ0n) is 6.80. The Morgan fingerprint density at radius 2 is 2.00 bits per heavy atom. The van der Waals surface area contributed by atoms with E-state index in [1.165, 1.54) is 0 Å². The highest BCUT2D eigenvalue weighted by Crippen LogP contribution is 2.37. The van der Waals surface area contributed by atoms with Crippen molar-refractivity contribution in [1.29, 1.82) is 0 Å². The summed E-state index contributed by atoms with van der Waals surface area (Å²) in [4.78, 5) is 22.0. The molecule has 0 bridgehead atoms. The number of nitrogens with one attached hydrogen (secondary N) is 1. The first-order valence-corrected chi connectivity index (χ1v) is 4.33. The van der Waals surface area contributed by atoms with Crippen LogP contribution in [0.5, 0.6) is 0 Å². The maximum atomic E-state index is 11.2. The van der Waals surface area contributed by atoms with Crippen molar-refractivity contribution in [3.05, 3.63) is 0 Å². The average Bonchev–Trinajstić information content (AvgIpc) is 2.08. The van der Waals surface area contributed by atoms with Crippen LogP contribution >= 0.6 is 11.8 Å². The number of hydrogen-bond donors (Lipinski definition) is 1. The van der Waals surface area contributed by atoms with Crippen LogP contribution in [0.15, 0.2) is 0 Å². The number of carbonyl (C=O) groups is 2. The first-order valence-electron chi connectivity index (χ1n) is 3.51. The van der Waals surface area contributed by atoms with Crippen LogP contribution in [0.3, 0.4) is 0 Å². The van der Waals surface area contributed by atoms with Crippen molar-refractivity contribution < 1.29 is 9.59 Å². The van der Waals surface area contributed by atoms with Gasteiger partial charge in [0.2, 0.25) is 5.91 Å². The summed E-state index contributed by atoms with van der Waals surface area (Å²) in [6.45, 7) is 5.67. The normalized spacial score (nSPS) is 31.3. The molecule has 1 rings (SSSR count). The molecule has 0 aromatic heterocycles. The second kappa shape index (κ2) is 2.52. The van der Waals surface area contributed by atoms with Crippen molar-refractivity contribution >= 4 is 22.9 Å². The van der Waals surface area contributed by atoms with Crippen molar-refractivity contribution in [3.8, 4) is 0 Å². The number of thioether (sulfide) groups is 1. The fourth-order valence-electron chi connectivity index (χ4n) is 0.861. The van der Waals surface area contributed by atoms with Gasteiger partial charge in [-0.2, -0.15) is 0 Å². The van der Waals surface area contributed by atoms with E-state index in [-0.39, 0.29) is 17.1 Å². The van der Waals surface area contributed by atoms with Crippen molar-refractivity contribution in [2.75, 3.05) is 0 Å². The molecule has 0 unspecified atom stereocenters. The van der Waals surface area contributed by atoms with Gasteiger partial charge in [-0.25, -0.2) is 0 Å². The van der Waals surface area contributed by atoms with Crippen molar-refractivity contribution in [1.82, 2.24) is 5.32 Å². The summed E-state index contributed by atoms with van der Waals surface area (Å²) < 4.78 is -0.558. The van der Waals surface area contributed by atoms with Gasteiger partial charge in [0.1, 0.15) is 4.75 Å². The molecule has 2 amide bonds. The van der Waals surface area contributed by atoms with Crippen LogP contribution in [0.1, 0.15) is 20.8 Å². The fraction of sp³-hybridized carbons (Fsp3) is 0.714. The largest absolute Gasteiger partial charge is 0.286 e. The molecule has 1 aliphatic heterocycles. The molecule has 0 saturated carbocycles. The second-order valence-corrected chi connectivity index (χ2v) is 4.53. The molecule has 1 heterocycles. The Morgan fingerprint density at radius 3 is 2.18 bits per heavy atom. The monoisotopic (exact) mass is 173 g/mol. The van der Waals surface area contributed by atoms with E-state index in [4.69, 9.17) is 0 Å². The van der Waals surface area contributed by atoms with Crippen LogP contribution in [0, 0.1) is 5.92 Å². The van der Waals surface area contributed by atoms with Crippen LogP contribution in [-0.2, 0) is 4.79 Å². The molecular formula is C7H11NO2S. The maximum absolute atomic E-state index is 11.2. The zero-order valence-corrected chi connectivity index (χ0v) is 7.62. The smallest absolute Gasteiger partial charge is 0.286 e. The Morgan fingerprint density at radius 1 is 1.45 bits per heavy atom. The lowest BCUT2D eigenvalue weighted by molar-refractivity contribution is -0.122. The van der Waals surface area contributed by atoms with Gasteiger partial charge in [-0.05, 0) is 24.6 Å². The van der Waals surface area contributed by atoms with Gasteiger partial charge >= 0.3 is 0 Å². The van der Waals surface area contributed by atoms with Crippen LogP contribution in [0.25, 0.3) is 0 Å². The lowest BCUT2D eigenvalue weighted by atomic mass is 9.96. The van der Waals surface area contributed by atoms with E-state index in [0.717, 1.165) is 11.8 Å². The summed E-state index contributed by atoms with van der Waals surface area (Å²) in [5, 5.41) is 2.04. The minimum absolute atomic E-state index is 0.164. The van der Waals surface area contributed by atoms with Gasteiger partial charge in [0.15, 0.2) is 0 Å². The molecule has 1 saturated heterocycles. The van der Waals surface area contributed by atoms with E-state index in [1.54, 1.807) is 6.92 Å². The Labute approximate surface area is 69.9 Å². The molecule has 1 aliphatic rings. The third-order valence-corrected chi connectivity index (χ3v) is 3.44. The van der Waals surface area contributed by atoms with Crippen molar-refractivity contribution in [3.63, 3.8) is 0 Å². The standard InChI is InChI=1S/C7H11NO2S/c1-4(2)7(3)5(9)8-6(10)11-7/h4H,1-3H3,(H,8,9,10)/t7-/m1/s1. The predicted molar refractivity (Wildman–Crippen MR) is 44.4 cm³/mol. The summed E-state index contributed by atoms with van der Waals surface area (Å²) in [5.41, 5.74) is 0. The van der Waals surface area contributed by atoms with Crippen LogP contribution < -0.4 is 5.32 Å². The first-order chi connectivity index (χ1) is 4.97. The van der Waals surface area contributed by atoms with Gasteiger partial charge in [0, 0.05) is 0 Å². The van der Waals surface area contributed by atoms with Crippen molar-refractivity contribution in [2.24, 2.45) is 5.92 Å². The summed E-state index contributed by atoms with van der Waals surface area (Å²) in [6, 6.07) is 0. The van der Waals surface area contributed by atoms with Gasteiger partial charge in [0.25, 0.3) is 5.24 Å². The van der Waals surface area contributed by atoms with E-state index in [9.17, 15) is 9.59 Å². The summed E-state index contributed by atoms with van der Waals surface area (Å²) >= 11 is 1.08. The third kappa shape index (κ3) is 1.27. The molecule has 11 heavy (non-hydrogen) atoms. The summed E-state index contributed by atoms with van der Waals surface area (Å²) in [6.07, 6.45) is 0. The number of carbonyl (C=O) groups excluding carboxylic acids is 2. The topological polar surface area (TPSA) is 46.2 Å². The van der Waals surface area contributed by atoms with Gasteiger partial charge in [-0.15, -0.1) is 0 Å². The molecule has 0 aromatic rings. The molecule has 0 radical (unpaired) electrons. The summed E-state index contributed by atoms with van der Waals surface area (Å²) in [7, 11) is 0. The Hall–Kier alpha value is -0.510. The molecule has 0 spiro atoms. The predicted octanol–water partition coefficient (Wildman–Crippen LogP) is 1.38. The number of rotatable bonds is 1. The molecule has 0 aliphatic carbocycles. The van der Waals surface area contributed by atoms with Crippen molar-refractivity contribution in [2.45, 2.75) is 25.5 Å². The Balaban J connectivity index is 2.87. The highest BCUT2D eigenvalue weighted by Gasteiger charge is 2.45. The molecular weight excluding hydrogens is 162 g/mol. The average molecular weight is 173 g/mol. The minimum Gasteiger partial charge on any atom is -0.286 e. The van der Waals surface area contributed by atoms with E-state index in [0.29, 0.717) is 0 Å². The Kier molecular flexibility index (Phi) is 1.96. The molecule has 62 valence electrons. The molecule has 0 aromatic carbocycles. The molecule has 1 atom stereocenters. The molecule has 1 N–H and O–H groups in total. The molecule has 1 fully saturated rings. The van der Waals surface area contributed by atoms with Crippen LogP contribution in [-0.4, -0.2) is 15.9 Å². The first kappa shape index (κ1) is 8.59. The van der Waals surface area contributed by atoms with Gasteiger partial charge in [0.05, 0.1) is 0 Å². The van der Waals surface area contributed by atoms with Crippen LogP contribution in [0.2, 0.25) is 0 Å². The minimum atomic E-state index is -0.558. The highest BCUT2D eigenvalue weighted by molar-refractivity contribution is 8.16. The number of amides is 2. The van der Waals surface area contributed by atoms with E-state index < -0.39 is 4.75 Å².